The molecule has 3 saturated heterocycles. The molecule has 3 unspecified atom stereocenters. The van der Waals surface area contributed by atoms with Crippen LogP contribution < -0.4 is 10.6 Å². The Balaban J connectivity index is 1.84. The number of hydrogen-bond donors (Lipinski definition) is 3. The van der Waals surface area contributed by atoms with E-state index in [9.17, 15) is 19.5 Å². The normalized spacial score (nSPS) is 34.3. The number of aliphatic hydroxyl groups is 1. The number of aliphatic hydroxyl groups excluding tert-OH is 1. The molecule has 3 aliphatic heterocycles. The lowest BCUT2D eigenvalue weighted by molar-refractivity contribution is -0.149. The Morgan fingerprint density at radius 3 is 2.57 bits per heavy atom. The number of likely N-dealkylation sites (tertiary alicyclic amines) is 1. The summed E-state index contributed by atoms with van der Waals surface area (Å²) >= 11 is 6.40. The Morgan fingerprint density at radius 1 is 1.31 bits per heavy atom. The molecule has 3 N–H and O–H groups in total. The van der Waals surface area contributed by atoms with Crippen LogP contribution in [0.15, 0.2) is 18.2 Å². The molecule has 7 atom stereocenters. The van der Waals surface area contributed by atoms with Crippen molar-refractivity contribution in [2.45, 2.75) is 70.7 Å². The maximum absolute atomic E-state index is 14.1. The van der Waals surface area contributed by atoms with Gasteiger partial charge in [0.25, 0.3) is 0 Å². The van der Waals surface area contributed by atoms with E-state index in [1.807, 2.05) is 40.7 Å². The van der Waals surface area contributed by atoms with Crippen molar-refractivity contribution in [1.82, 2.24) is 10.2 Å². The van der Waals surface area contributed by atoms with Crippen LogP contribution in [0.2, 0.25) is 5.02 Å². The fourth-order valence-electron chi connectivity index (χ4n) is 6.73. The summed E-state index contributed by atoms with van der Waals surface area (Å²) in [7, 11) is 1.55. The van der Waals surface area contributed by atoms with Crippen molar-refractivity contribution < 1.29 is 24.2 Å². The Labute approximate surface area is 211 Å². The summed E-state index contributed by atoms with van der Waals surface area (Å²) in [6, 6.07) is 3.75. The molecule has 1 spiro atoms. The predicted octanol–water partition coefficient (Wildman–Crippen LogP) is 2.75. The molecular formula is C26H36ClN3O5. The first-order valence-corrected chi connectivity index (χ1v) is 12.7. The molecule has 3 fully saturated rings. The Kier molecular flexibility index (Phi) is 6.70. The monoisotopic (exact) mass is 505 g/mol. The number of benzene rings is 1. The van der Waals surface area contributed by atoms with E-state index in [0.717, 1.165) is 5.56 Å². The second kappa shape index (κ2) is 9.05. The number of fused-ring (bicyclic) bond motifs is 1. The van der Waals surface area contributed by atoms with Crippen molar-refractivity contribution in [1.29, 1.82) is 0 Å². The molecule has 2 bridgehead atoms. The Bertz CT molecular complexity index is 1030. The number of carbonyl (C=O) groups is 3. The zero-order valence-electron chi connectivity index (χ0n) is 21.2. The second-order valence-electron chi connectivity index (χ2n) is 11.0. The third-order valence-corrected chi connectivity index (χ3v) is 8.66. The average Bonchev–Trinajstić information content (AvgIpc) is 3.31. The first kappa shape index (κ1) is 25.9. The van der Waals surface area contributed by atoms with Crippen LogP contribution in [0.3, 0.4) is 0 Å². The number of anilines is 1. The molecule has 8 nitrogen and oxygen atoms in total. The van der Waals surface area contributed by atoms with Gasteiger partial charge in [-0.1, -0.05) is 44.5 Å². The number of para-hydroxylation sites is 1. The highest BCUT2D eigenvalue weighted by Gasteiger charge is 2.80. The number of nitrogens with zero attached hydrogens (tertiary/aromatic N) is 1. The van der Waals surface area contributed by atoms with E-state index < -0.39 is 41.0 Å². The van der Waals surface area contributed by atoms with E-state index in [4.69, 9.17) is 16.3 Å². The number of carbonyl (C=O) groups excluding carboxylic acids is 3. The molecule has 3 aliphatic rings. The summed E-state index contributed by atoms with van der Waals surface area (Å²) in [6.07, 6.45) is 0.973. The van der Waals surface area contributed by atoms with Gasteiger partial charge < -0.3 is 25.4 Å². The number of aryl methyl sites for hydroxylation is 1. The van der Waals surface area contributed by atoms with Gasteiger partial charge in [0.05, 0.1) is 40.8 Å². The van der Waals surface area contributed by atoms with E-state index >= 15 is 0 Å². The first-order valence-electron chi connectivity index (χ1n) is 12.3. The largest absolute Gasteiger partial charge is 0.394 e. The maximum atomic E-state index is 14.1. The van der Waals surface area contributed by atoms with E-state index in [2.05, 4.69) is 10.6 Å². The van der Waals surface area contributed by atoms with Crippen LogP contribution >= 0.6 is 11.6 Å². The molecule has 4 rings (SSSR count). The fourth-order valence-corrected chi connectivity index (χ4v) is 7.00. The van der Waals surface area contributed by atoms with Gasteiger partial charge in [-0.3, -0.25) is 14.4 Å². The molecule has 9 heteroatoms. The molecule has 3 heterocycles. The van der Waals surface area contributed by atoms with Gasteiger partial charge in [0.2, 0.25) is 17.7 Å². The zero-order valence-corrected chi connectivity index (χ0v) is 22.0. The molecule has 0 aromatic heterocycles. The molecule has 3 amide bonds. The van der Waals surface area contributed by atoms with Crippen molar-refractivity contribution in [2.75, 3.05) is 19.0 Å². The third kappa shape index (κ3) is 3.76. The first-order chi connectivity index (χ1) is 16.4. The van der Waals surface area contributed by atoms with Gasteiger partial charge in [0, 0.05) is 7.05 Å². The van der Waals surface area contributed by atoms with Crippen LogP contribution in [0, 0.1) is 30.6 Å². The molecule has 1 aromatic carbocycles. The lowest BCUT2D eigenvalue weighted by Crippen LogP contribution is -2.56. The summed E-state index contributed by atoms with van der Waals surface area (Å²) in [4.78, 5) is 42.7. The van der Waals surface area contributed by atoms with Crippen molar-refractivity contribution in [3.8, 4) is 0 Å². The van der Waals surface area contributed by atoms with Crippen LogP contribution in [-0.2, 0) is 19.1 Å². The summed E-state index contributed by atoms with van der Waals surface area (Å²) in [6.45, 7) is 9.43. The van der Waals surface area contributed by atoms with Crippen molar-refractivity contribution in [2.24, 2.45) is 23.7 Å². The number of nitrogens with one attached hydrogen (secondary N) is 2. The molecular weight excluding hydrogens is 470 g/mol. The van der Waals surface area contributed by atoms with Crippen molar-refractivity contribution >= 4 is 35.0 Å². The standard InChI is InChI=1S/C26H36ClN3O5/c1-13(2)10-16(12-31)30-21(23(33)29-20-14(3)8-7-9-17(20)27)26-11-15(4)25(5,35-26)18(22(32)28-6)19(26)24(30)34/h7-9,13,15-16,18-19,21,31H,10-12H2,1-6H3,(H,28,32)(H,29,33)/t15?,16-,18+,19+,21?,25-,26?/m1/s1. The van der Waals surface area contributed by atoms with Gasteiger partial charge >= 0.3 is 0 Å². The molecule has 0 saturated carbocycles. The van der Waals surface area contributed by atoms with E-state index in [1.165, 1.54) is 4.90 Å². The van der Waals surface area contributed by atoms with Crippen LogP contribution in [0.25, 0.3) is 0 Å². The molecule has 35 heavy (non-hydrogen) atoms. The smallest absolute Gasteiger partial charge is 0.250 e. The lowest BCUT2D eigenvalue weighted by Gasteiger charge is -2.37. The van der Waals surface area contributed by atoms with E-state index in [-0.39, 0.29) is 30.3 Å². The zero-order chi connectivity index (χ0) is 25.9. The van der Waals surface area contributed by atoms with Gasteiger partial charge in [-0.05, 0) is 50.2 Å². The van der Waals surface area contributed by atoms with E-state index in [0.29, 0.717) is 23.6 Å². The summed E-state index contributed by atoms with van der Waals surface area (Å²) < 4.78 is 6.65. The fraction of sp³-hybridized carbons (Fsp3) is 0.654. The minimum atomic E-state index is -1.17. The molecule has 0 aliphatic carbocycles. The molecule has 1 aromatic rings. The highest BCUT2D eigenvalue weighted by molar-refractivity contribution is 6.34. The number of amides is 3. The van der Waals surface area contributed by atoms with Gasteiger partial charge in [-0.2, -0.15) is 0 Å². The molecule has 192 valence electrons. The number of rotatable bonds is 7. The van der Waals surface area contributed by atoms with Crippen LogP contribution in [0.5, 0.6) is 0 Å². The van der Waals surface area contributed by atoms with Gasteiger partial charge in [0.1, 0.15) is 11.6 Å². The topological polar surface area (TPSA) is 108 Å². The van der Waals surface area contributed by atoms with Gasteiger partial charge in [0.15, 0.2) is 0 Å². The quantitative estimate of drug-likeness (QED) is 0.528. The van der Waals surface area contributed by atoms with Crippen LogP contribution in [0.4, 0.5) is 5.69 Å². The summed E-state index contributed by atoms with van der Waals surface area (Å²) in [5.74, 6) is -2.43. The highest BCUT2D eigenvalue weighted by atomic mass is 35.5. The number of halogens is 1. The third-order valence-electron chi connectivity index (χ3n) is 8.35. The van der Waals surface area contributed by atoms with Gasteiger partial charge in [-0.15, -0.1) is 0 Å². The van der Waals surface area contributed by atoms with Crippen molar-refractivity contribution in [3.05, 3.63) is 28.8 Å². The summed E-state index contributed by atoms with van der Waals surface area (Å²) in [5.41, 5.74) is -0.785. The highest BCUT2D eigenvalue weighted by Crippen LogP contribution is 2.65. The molecule has 0 radical (unpaired) electrons. The maximum Gasteiger partial charge on any atom is 0.250 e. The van der Waals surface area contributed by atoms with Crippen LogP contribution in [-0.4, -0.2) is 64.7 Å². The minimum absolute atomic E-state index is 0.0520. The minimum Gasteiger partial charge on any atom is -0.394 e. The SMILES string of the molecule is CNC(=O)[C@@H]1[C@H]2C(=O)N([C@@H](CO)CC(C)C)C(C(=O)Nc3c(C)cccc3Cl)C23CC(C)[C@@]1(C)O3. The van der Waals surface area contributed by atoms with E-state index in [1.54, 1.807) is 19.2 Å². The van der Waals surface area contributed by atoms with Gasteiger partial charge in [-0.25, -0.2) is 0 Å². The van der Waals surface area contributed by atoms with Crippen molar-refractivity contribution in [3.63, 3.8) is 0 Å². The Morgan fingerprint density at radius 2 is 2.00 bits per heavy atom. The second-order valence-corrected chi connectivity index (χ2v) is 11.4. The number of ether oxygens (including phenoxy) is 1. The number of hydrogen-bond acceptors (Lipinski definition) is 5. The van der Waals surface area contributed by atoms with Crippen LogP contribution in [0.1, 0.15) is 46.1 Å². The average molecular weight is 506 g/mol. The predicted molar refractivity (Wildman–Crippen MR) is 133 cm³/mol. The lowest BCUT2D eigenvalue weighted by atomic mass is 9.62. The summed E-state index contributed by atoms with van der Waals surface area (Å²) in [5, 5.41) is 16.4. The Hall–Kier alpha value is -2.16.